The van der Waals surface area contributed by atoms with Crippen molar-refractivity contribution in [3.63, 3.8) is 0 Å². The molecular formula is C14H12F2N2OS. The Morgan fingerprint density at radius 3 is 2.40 bits per heavy atom. The second kappa shape index (κ2) is 6.38. The number of nitrogen functional groups attached to an aromatic ring is 1. The smallest absolute Gasteiger partial charge is 0.234 e. The molecule has 0 saturated heterocycles. The number of amides is 1. The van der Waals surface area contributed by atoms with Crippen molar-refractivity contribution in [3.05, 3.63) is 54.1 Å². The third kappa shape index (κ3) is 3.96. The third-order valence-corrected chi connectivity index (χ3v) is 3.48. The Morgan fingerprint density at radius 1 is 1.10 bits per heavy atom. The molecule has 3 nitrogen and oxygen atoms in total. The van der Waals surface area contributed by atoms with Gasteiger partial charge in [0.2, 0.25) is 5.91 Å². The Hall–Kier alpha value is -2.08. The van der Waals surface area contributed by atoms with E-state index in [4.69, 9.17) is 5.73 Å². The Kier molecular flexibility index (Phi) is 4.57. The van der Waals surface area contributed by atoms with Gasteiger partial charge in [0, 0.05) is 4.90 Å². The van der Waals surface area contributed by atoms with Gasteiger partial charge in [-0.05, 0) is 42.5 Å². The quantitative estimate of drug-likeness (QED) is 0.672. The van der Waals surface area contributed by atoms with Crippen LogP contribution in [-0.2, 0) is 4.79 Å². The van der Waals surface area contributed by atoms with Gasteiger partial charge in [-0.1, -0.05) is 0 Å². The molecule has 0 radical (unpaired) electrons. The lowest BCUT2D eigenvalue weighted by Gasteiger charge is -2.08. The summed E-state index contributed by atoms with van der Waals surface area (Å²) in [7, 11) is 0. The molecule has 3 N–H and O–H groups in total. The molecule has 0 spiro atoms. The zero-order valence-corrected chi connectivity index (χ0v) is 11.2. The molecule has 2 aromatic rings. The molecule has 20 heavy (non-hydrogen) atoms. The van der Waals surface area contributed by atoms with Crippen LogP contribution in [0, 0.1) is 11.6 Å². The van der Waals surface area contributed by atoms with Crippen molar-refractivity contribution < 1.29 is 13.6 Å². The average Bonchev–Trinajstić information content (AvgIpc) is 2.41. The summed E-state index contributed by atoms with van der Waals surface area (Å²) in [6.45, 7) is 0. The predicted octanol–water partition coefficient (Wildman–Crippen LogP) is 3.28. The minimum absolute atomic E-state index is 0.155. The molecular weight excluding hydrogens is 282 g/mol. The highest BCUT2D eigenvalue weighted by Gasteiger charge is 2.07. The number of benzene rings is 2. The number of hydrogen-bond donors (Lipinski definition) is 2. The van der Waals surface area contributed by atoms with Crippen molar-refractivity contribution in [3.8, 4) is 0 Å². The van der Waals surface area contributed by atoms with Crippen LogP contribution in [0.1, 0.15) is 0 Å². The molecule has 6 heteroatoms. The number of thioether (sulfide) groups is 1. The highest BCUT2D eigenvalue weighted by molar-refractivity contribution is 8.00. The summed E-state index contributed by atoms with van der Waals surface area (Å²) < 4.78 is 25.6. The first kappa shape index (κ1) is 14.3. The molecule has 1 amide bonds. The number of halogens is 2. The molecule has 0 aliphatic carbocycles. The van der Waals surface area contributed by atoms with Gasteiger partial charge in [0.05, 0.1) is 17.1 Å². The first-order valence-corrected chi connectivity index (χ1v) is 6.76. The molecule has 0 aliphatic heterocycles. The zero-order valence-electron chi connectivity index (χ0n) is 10.4. The number of anilines is 2. The summed E-state index contributed by atoms with van der Waals surface area (Å²) in [4.78, 5) is 12.5. The fraction of sp³-hybridized carbons (Fsp3) is 0.0714. The zero-order chi connectivity index (χ0) is 14.5. The topological polar surface area (TPSA) is 55.1 Å². The van der Waals surface area contributed by atoms with E-state index in [9.17, 15) is 13.6 Å². The first-order valence-electron chi connectivity index (χ1n) is 5.78. The summed E-state index contributed by atoms with van der Waals surface area (Å²) in [5, 5.41) is 2.59. The van der Waals surface area contributed by atoms with E-state index in [1.807, 2.05) is 0 Å². The van der Waals surface area contributed by atoms with E-state index in [0.29, 0.717) is 5.69 Å². The molecule has 0 aliphatic rings. The number of nitrogens with two attached hydrogens (primary N) is 1. The van der Waals surface area contributed by atoms with Gasteiger partial charge in [-0.25, -0.2) is 8.78 Å². The van der Waals surface area contributed by atoms with Gasteiger partial charge in [0.15, 0.2) is 0 Å². The van der Waals surface area contributed by atoms with Crippen LogP contribution in [0.15, 0.2) is 47.4 Å². The number of rotatable bonds is 4. The summed E-state index contributed by atoms with van der Waals surface area (Å²) in [5.74, 6) is -0.890. The minimum Gasteiger partial charge on any atom is -0.397 e. The van der Waals surface area contributed by atoms with Crippen LogP contribution < -0.4 is 11.1 Å². The second-order valence-corrected chi connectivity index (χ2v) is 5.07. The van der Waals surface area contributed by atoms with Crippen LogP contribution in [0.5, 0.6) is 0 Å². The number of nitrogens with one attached hydrogen (secondary N) is 1. The molecule has 2 rings (SSSR count). The van der Waals surface area contributed by atoms with E-state index in [1.165, 1.54) is 36.0 Å². The highest BCUT2D eigenvalue weighted by Crippen LogP contribution is 2.21. The number of carbonyl (C=O) groups is 1. The third-order valence-electron chi connectivity index (χ3n) is 2.47. The average molecular weight is 294 g/mol. The molecule has 2 aromatic carbocycles. The Balaban J connectivity index is 1.90. The highest BCUT2D eigenvalue weighted by atomic mass is 32.2. The largest absolute Gasteiger partial charge is 0.397 e. The van der Waals surface area contributed by atoms with Crippen molar-refractivity contribution >= 4 is 29.0 Å². The lowest BCUT2D eigenvalue weighted by atomic mass is 10.2. The van der Waals surface area contributed by atoms with Gasteiger partial charge >= 0.3 is 0 Å². The van der Waals surface area contributed by atoms with Gasteiger partial charge < -0.3 is 11.1 Å². The van der Waals surface area contributed by atoms with E-state index < -0.39 is 5.82 Å². The van der Waals surface area contributed by atoms with Crippen LogP contribution in [0.4, 0.5) is 20.2 Å². The normalized spacial score (nSPS) is 10.3. The van der Waals surface area contributed by atoms with Gasteiger partial charge in [0.1, 0.15) is 11.6 Å². The summed E-state index contributed by atoms with van der Waals surface area (Å²) in [6, 6.07) is 9.63. The van der Waals surface area contributed by atoms with E-state index in [2.05, 4.69) is 5.32 Å². The molecule has 0 aromatic heterocycles. The number of hydrogen-bond acceptors (Lipinski definition) is 3. The van der Waals surface area contributed by atoms with Crippen molar-refractivity contribution in [1.29, 1.82) is 0 Å². The van der Waals surface area contributed by atoms with E-state index >= 15 is 0 Å². The van der Waals surface area contributed by atoms with Gasteiger partial charge in [-0.3, -0.25) is 4.79 Å². The van der Waals surface area contributed by atoms with Gasteiger partial charge in [-0.2, -0.15) is 0 Å². The molecule has 0 unspecified atom stereocenters. The SMILES string of the molecule is Nc1cc(F)ccc1NC(=O)CSc1ccc(F)cc1. The van der Waals surface area contributed by atoms with Crippen LogP contribution in [0.25, 0.3) is 0 Å². The maximum absolute atomic E-state index is 12.9. The maximum Gasteiger partial charge on any atom is 0.234 e. The fourth-order valence-electron chi connectivity index (χ4n) is 1.51. The van der Waals surface area contributed by atoms with Crippen LogP contribution in [0.3, 0.4) is 0 Å². The lowest BCUT2D eigenvalue weighted by Crippen LogP contribution is -2.15. The summed E-state index contributed by atoms with van der Waals surface area (Å²) in [6.07, 6.45) is 0. The molecule has 0 heterocycles. The van der Waals surface area contributed by atoms with Gasteiger partial charge in [-0.15, -0.1) is 11.8 Å². The number of carbonyl (C=O) groups excluding carboxylic acids is 1. The van der Waals surface area contributed by atoms with Crippen molar-refractivity contribution in [1.82, 2.24) is 0 Å². The molecule has 0 bridgehead atoms. The van der Waals surface area contributed by atoms with Crippen molar-refractivity contribution in [2.24, 2.45) is 0 Å². The van der Waals surface area contributed by atoms with Crippen LogP contribution in [-0.4, -0.2) is 11.7 Å². The van der Waals surface area contributed by atoms with E-state index in [0.717, 1.165) is 11.0 Å². The van der Waals surface area contributed by atoms with Crippen LogP contribution in [0.2, 0.25) is 0 Å². The monoisotopic (exact) mass is 294 g/mol. The van der Waals surface area contributed by atoms with Gasteiger partial charge in [0.25, 0.3) is 0 Å². The molecule has 0 fully saturated rings. The maximum atomic E-state index is 12.9. The van der Waals surface area contributed by atoms with Crippen molar-refractivity contribution in [2.45, 2.75) is 4.90 Å². The second-order valence-electron chi connectivity index (χ2n) is 4.02. The Morgan fingerprint density at radius 2 is 1.75 bits per heavy atom. The van der Waals surface area contributed by atoms with Crippen molar-refractivity contribution in [2.75, 3.05) is 16.8 Å². The molecule has 104 valence electrons. The summed E-state index contributed by atoms with van der Waals surface area (Å²) >= 11 is 1.27. The molecule has 0 atom stereocenters. The van der Waals surface area contributed by atoms with E-state index in [-0.39, 0.29) is 23.2 Å². The van der Waals surface area contributed by atoms with Crippen LogP contribution >= 0.6 is 11.8 Å². The fourth-order valence-corrected chi connectivity index (χ4v) is 2.21. The Bertz CT molecular complexity index is 617. The standard InChI is InChI=1S/C14H12F2N2OS/c15-9-1-4-11(5-2-9)20-8-14(19)18-13-6-3-10(16)7-12(13)17/h1-7H,8,17H2,(H,18,19). The predicted molar refractivity (Wildman–Crippen MR) is 76.6 cm³/mol. The molecule has 0 saturated carbocycles. The lowest BCUT2D eigenvalue weighted by molar-refractivity contribution is -0.113. The first-order chi connectivity index (χ1) is 9.54. The van der Waals surface area contributed by atoms with E-state index in [1.54, 1.807) is 12.1 Å². The Labute approximate surface area is 119 Å². The minimum atomic E-state index is -0.457. The summed E-state index contributed by atoms with van der Waals surface area (Å²) in [5.41, 5.74) is 6.13.